The van der Waals surface area contributed by atoms with E-state index in [4.69, 9.17) is 5.73 Å². The molecule has 0 aromatic carbocycles. The van der Waals surface area contributed by atoms with Crippen LogP contribution in [0, 0.1) is 0 Å². The highest BCUT2D eigenvalue weighted by molar-refractivity contribution is 4.86. The summed E-state index contributed by atoms with van der Waals surface area (Å²) in [6.45, 7) is 11.8. The van der Waals surface area contributed by atoms with Crippen molar-refractivity contribution in [3.8, 4) is 0 Å². The molecule has 0 saturated heterocycles. The van der Waals surface area contributed by atoms with Crippen LogP contribution < -0.4 is 5.73 Å². The number of nitrogens with zero attached hydrogens (tertiary/aromatic N) is 1. The summed E-state index contributed by atoms with van der Waals surface area (Å²) in [5.41, 5.74) is 5.17. The second-order valence-corrected chi connectivity index (χ2v) is 2.07. The van der Waals surface area contributed by atoms with Gasteiger partial charge < -0.3 is 10.6 Å². The predicted molar refractivity (Wildman–Crippen MR) is 51.8 cm³/mol. The maximum Gasteiger partial charge on any atom is 0.0274 e. The molecular formula is C9H20N2. The first-order valence-corrected chi connectivity index (χ1v) is 4.00. The van der Waals surface area contributed by atoms with Crippen molar-refractivity contribution in [1.29, 1.82) is 0 Å². The van der Waals surface area contributed by atoms with Crippen LogP contribution in [0.25, 0.3) is 0 Å². The van der Waals surface area contributed by atoms with E-state index in [0.717, 1.165) is 0 Å². The van der Waals surface area contributed by atoms with E-state index in [1.54, 1.807) is 12.4 Å². The zero-order valence-corrected chi connectivity index (χ0v) is 8.04. The summed E-state index contributed by atoms with van der Waals surface area (Å²) in [7, 11) is 0. The lowest BCUT2D eigenvalue weighted by atomic mass is 10.3. The third-order valence-electron chi connectivity index (χ3n) is 1.07. The van der Waals surface area contributed by atoms with Gasteiger partial charge in [0, 0.05) is 18.4 Å². The third kappa shape index (κ3) is 6.97. The highest BCUT2D eigenvalue weighted by Gasteiger charge is 1.95. The topological polar surface area (TPSA) is 29.3 Å². The van der Waals surface area contributed by atoms with E-state index >= 15 is 0 Å². The Hall–Kier alpha value is -0.920. The minimum atomic E-state index is 0.433. The standard InChI is InChI=1S/C7H14N2.C2H6/c1-4-9(6-5-8)7(2)3;1-2/h4-7H,1,8H2,2-3H3;1-2H3/b6-5-;. The Bertz CT molecular complexity index is 106. The summed E-state index contributed by atoms with van der Waals surface area (Å²) in [6.07, 6.45) is 5.04. The number of hydrogen-bond acceptors (Lipinski definition) is 2. The van der Waals surface area contributed by atoms with E-state index in [9.17, 15) is 0 Å². The molecule has 0 aromatic heterocycles. The van der Waals surface area contributed by atoms with Gasteiger partial charge in [-0.25, -0.2) is 0 Å². The van der Waals surface area contributed by atoms with E-state index in [0.29, 0.717) is 6.04 Å². The molecule has 0 atom stereocenters. The van der Waals surface area contributed by atoms with Crippen molar-refractivity contribution in [3.05, 3.63) is 25.2 Å². The molecule has 0 aliphatic heterocycles. The van der Waals surface area contributed by atoms with Crippen molar-refractivity contribution in [3.63, 3.8) is 0 Å². The van der Waals surface area contributed by atoms with Crippen molar-refractivity contribution in [2.75, 3.05) is 0 Å². The molecule has 0 aliphatic rings. The van der Waals surface area contributed by atoms with Gasteiger partial charge in [0.25, 0.3) is 0 Å². The zero-order valence-electron chi connectivity index (χ0n) is 8.04. The van der Waals surface area contributed by atoms with Crippen molar-refractivity contribution in [1.82, 2.24) is 4.90 Å². The monoisotopic (exact) mass is 156 g/mol. The van der Waals surface area contributed by atoms with Gasteiger partial charge >= 0.3 is 0 Å². The van der Waals surface area contributed by atoms with E-state index in [1.165, 1.54) is 6.20 Å². The molecule has 2 nitrogen and oxygen atoms in total. The van der Waals surface area contributed by atoms with Gasteiger partial charge in [-0.3, -0.25) is 0 Å². The lowest BCUT2D eigenvalue weighted by Crippen LogP contribution is -2.18. The van der Waals surface area contributed by atoms with E-state index in [2.05, 4.69) is 20.4 Å². The molecule has 0 saturated carbocycles. The van der Waals surface area contributed by atoms with E-state index in [1.807, 2.05) is 18.7 Å². The summed E-state index contributed by atoms with van der Waals surface area (Å²) < 4.78 is 0. The largest absolute Gasteiger partial charge is 0.403 e. The second-order valence-electron chi connectivity index (χ2n) is 2.07. The predicted octanol–water partition coefficient (Wildman–Crippen LogP) is 2.30. The third-order valence-corrected chi connectivity index (χ3v) is 1.07. The van der Waals surface area contributed by atoms with Gasteiger partial charge in [-0.2, -0.15) is 0 Å². The molecule has 0 heterocycles. The molecule has 0 spiro atoms. The highest BCUT2D eigenvalue weighted by Crippen LogP contribution is 1.96. The Balaban J connectivity index is 0. The molecule has 2 N–H and O–H groups in total. The SMILES string of the molecule is C=CN(/C=C\N)C(C)C.CC. The average molecular weight is 156 g/mol. The van der Waals surface area contributed by atoms with Crippen LogP contribution in [0.2, 0.25) is 0 Å². The van der Waals surface area contributed by atoms with Crippen LogP contribution in [-0.2, 0) is 0 Å². The normalized spacial score (nSPS) is 9.18. The first-order valence-electron chi connectivity index (χ1n) is 4.00. The first-order chi connectivity index (χ1) is 5.22. The fourth-order valence-corrected chi connectivity index (χ4v) is 0.543. The van der Waals surface area contributed by atoms with Gasteiger partial charge in [0.2, 0.25) is 0 Å². The molecular weight excluding hydrogens is 136 g/mol. The van der Waals surface area contributed by atoms with Crippen LogP contribution in [0.15, 0.2) is 25.2 Å². The van der Waals surface area contributed by atoms with Crippen molar-refractivity contribution < 1.29 is 0 Å². The molecule has 0 aromatic rings. The molecule has 0 amide bonds. The second kappa shape index (κ2) is 9.08. The Morgan fingerprint density at radius 1 is 1.36 bits per heavy atom. The van der Waals surface area contributed by atoms with E-state index < -0.39 is 0 Å². The van der Waals surface area contributed by atoms with Gasteiger partial charge in [-0.15, -0.1) is 0 Å². The lowest BCUT2D eigenvalue weighted by molar-refractivity contribution is 0.417. The molecule has 0 bridgehead atoms. The van der Waals surface area contributed by atoms with Gasteiger partial charge in [-0.05, 0) is 20.0 Å². The molecule has 66 valence electrons. The highest BCUT2D eigenvalue weighted by atomic mass is 15.1. The Morgan fingerprint density at radius 2 is 1.82 bits per heavy atom. The fourth-order valence-electron chi connectivity index (χ4n) is 0.543. The Labute approximate surface area is 70.4 Å². The average Bonchev–Trinajstić information content (AvgIpc) is 2.03. The minimum absolute atomic E-state index is 0.433. The smallest absolute Gasteiger partial charge is 0.0274 e. The molecule has 0 fully saturated rings. The van der Waals surface area contributed by atoms with Gasteiger partial charge in [0.15, 0.2) is 0 Å². The number of nitrogens with two attached hydrogens (primary N) is 1. The van der Waals surface area contributed by atoms with Crippen LogP contribution in [0.3, 0.4) is 0 Å². The van der Waals surface area contributed by atoms with Crippen LogP contribution in [0.5, 0.6) is 0 Å². The summed E-state index contributed by atoms with van der Waals surface area (Å²) in [5.74, 6) is 0. The van der Waals surface area contributed by atoms with Crippen molar-refractivity contribution in [2.45, 2.75) is 33.7 Å². The van der Waals surface area contributed by atoms with Crippen LogP contribution in [0.1, 0.15) is 27.7 Å². The summed E-state index contributed by atoms with van der Waals surface area (Å²) in [4.78, 5) is 1.93. The van der Waals surface area contributed by atoms with Crippen molar-refractivity contribution in [2.24, 2.45) is 5.73 Å². The van der Waals surface area contributed by atoms with Crippen LogP contribution >= 0.6 is 0 Å². The first kappa shape index (κ1) is 12.7. The number of hydrogen-bond donors (Lipinski definition) is 1. The molecule has 11 heavy (non-hydrogen) atoms. The molecule has 0 aliphatic carbocycles. The number of rotatable bonds is 3. The molecule has 2 heteroatoms. The molecule has 0 radical (unpaired) electrons. The quantitative estimate of drug-likeness (QED) is 0.679. The summed E-state index contributed by atoms with van der Waals surface area (Å²) in [6, 6.07) is 0.433. The minimum Gasteiger partial charge on any atom is -0.403 e. The van der Waals surface area contributed by atoms with E-state index in [-0.39, 0.29) is 0 Å². The van der Waals surface area contributed by atoms with Gasteiger partial charge in [-0.1, -0.05) is 20.4 Å². The maximum absolute atomic E-state index is 5.17. The molecule has 0 rings (SSSR count). The Kier molecular flexibility index (Phi) is 10.5. The van der Waals surface area contributed by atoms with Gasteiger partial charge in [0.05, 0.1) is 0 Å². The maximum atomic E-state index is 5.17. The van der Waals surface area contributed by atoms with Gasteiger partial charge in [0.1, 0.15) is 0 Å². The van der Waals surface area contributed by atoms with Crippen LogP contribution in [-0.4, -0.2) is 10.9 Å². The molecule has 0 unspecified atom stereocenters. The Morgan fingerprint density at radius 3 is 1.91 bits per heavy atom. The zero-order chi connectivity index (χ0) is 9.28. The lowest BCUT2D eigenvalue weighted by Gasteiger charge is -2.18. The fraction of sp³-hybridized carbons (Fsp3) is 0.556. The van der Waals surface area contributed by atoms with Crippen LogP contribution in [0.4, 0.5) is 0 Å². The van der Waals surface area contributed by atoms with Crippen molar-refractivity contribution >= 4 is 0 Å². The summed E-state index contributed by atoms with van der Waals surface area (Å²) in [5, 5.41) is 0. The summed E-state index contributed by atoms with van der Waals surface area (Å²) >= 11 is 0.